The van der Waals surface area contributed by atoms with Crippen LogP contribution in [0.1, 0.15) is 0 Å². The van der Waals surface area contributed by atoms with Crippen LogP contribution in [0.15, 0.2) is 103 Å². The Hall–Kier alpha value is -3.47. The summed E-state index contributed by atoms with van der Waals surface area (Å²) in [5.41, 5.74) is 32.8. The van der Waals surface area contributed by atoms with E-state index in [1.54, 1.807) is 72.8 Å². The summed E-state index contributed by atoms with van der Waals surface area (Å²) in [6.07, 6.45) is 0. The van der Waals surface area contributed by atoms with E-state index in [0.29, 0.717) is 32.1 Å². The molecule has 0 aliphatic carbocycles. The van der Waals surface area contributed by atoms with E-state index in [2.05, 4.69) is 30.0 Å². The summed E-state index contributed by atoms with van der Waals surface area (Å²) in [6.45, 7) is 0. The number of hydrogen-bond acceptors (Lipinski definition) is 6. The Morgan fingerprint density at radius 2 is 0.605 bits per heavy atom. The zero-order valence-corrected chi connectivity index (χ0v) is 27.6. The van der Waals surface area contributed by atoms with Gasteiger partial charge in [0.1, 0.15) is 0 Å². The molecule has 3 aromatic carbocycles. The van der Waals surface area contributed by atoms with Crippen molar-refractivity contribution in [2.24, 2.45) is 64.4 Å². The molecule has 0 saturated carbocycles. The molecule has 3 aromatic rings. The maximum Gasteiger partial charge on any atom is 3.00 e. The molecule has 0 spiro atoms. The van der Waals surface area contributed by atoms with E-state index in [-0.39, 0.29) is 50.5 Å². The first-order valence-electron chi connectivity index (χ1n) is 11.1. The van der Waals surface area contributed by atoms with Crippen molar-refractivity contribution in [1.82, 2.24) is 0 Å². The molecule has 0 fully saturated rings. The number of hydrogen-bond donors (Lipinski definition) is 6. The van der Waals surface area contributed by atoms with Crippen LogP contribution in [-0.4, -0.2) is 33.4 Å². The van der Waals surface area contributed by atoms with E-state index in [0.717, 1.165) is 0 Å². The van der Waals surface area contributed by atoms with Gasteiger partial charge in [-0.2, -0.15) is 0 Å². The molecule has 0 aliphatic rings. The third-order valence-corrected chi connectivity index (χ3v) is 5.13. The van der Waals surface area contributed by atoms with Crippen molar-refractivity contribution in [3.05, 3.63) is 87.9 Å². The standard InChI is InChI=1S/3C8H9ClN4S.Fe/c3*9-5-1-3-6(4-2-5)12-8(14)13-7(10)11;/h3*1-4H,(H5,10,11,12,13,14);/q;;;+3/p-3. The molecule has 12 N–H and O–H groups in total. The molecule has 19 heteroatoms. The minimum absolute atomic E-state index is 0. The Morgan fingerprint density at radius 1 is 0.419 bits per heavy atom. The van der Waals surface area contributed by atoms with Gasteiger partial charge in [0, 0.05) is 30.6 Å². The van der Waals surface area contributed by atoms with Crippen LogP contribution in [0.3, 0.4) is 0 Å². The monoisotopic (exact) mass is 737 g/mol. The van der Waals surface area contributed by atoms with Gasteiger partial charge in [0.15, 0.2) is 17.9 Å². The molecule has 0 aromatic heterocycles. The molecule has 0 bridgehead atoms. The maximum absolute atomic E-state index is 5.69. The number of guanidine groups is 3. The van der Waals surface area contributed by atoms with Crippen LogP contribution >= 0.6 is 34.8 Å². The van der Waals surface area contributed by atoms with Crippen LogP contribution in [-0.2, 0) is 55.0 Å². The van der Waals surface area contributed by atoms with Crippen molar-refractivity contribution in [3.63, 3.8) is 0 Å². The first-order chi connectivity index (χ1) is 19.7. The minimum Gasteiger partial charge on any atom is -0.740 e. The molecule has 0 amide bonds. The third kappa shape index (κ3) is 20.1. The van der Waals surface area contributed by atoms with E-state index in [9.17, 15) is 0 Å². The molecular weight excluding hydrogens is 715 g/mol. The van der Waals surface area contributed by atoms with E-state index >= 15 is 0 Å². The Bertz CT molecular complexity index is 1290. The molecular formula is C24H24Cl3FeN12S3. The quantitative estimate of drug-likeness (QED) is 0.0999. The van der Waals surface area contributed by atoms with Crippen molar-refractivity contribution in [2.75, 3.05) is 0 Å². The second-order valence-corrected chi connectivity index (χ2v) is 9.63. The van der Waals surface area contributed by atoms with Gasteiger partial charge in [-0.1, -0.05) is 34.8 Å². The van der Waals surface area contributed by atoms with Gasteiger partial charge in [0.05, 0.1) is 17.1 Å². The molecule has 43 heavy (non-hydrogen) atoms. The molecule has 3 rings (SSSR count). The second kappa shape index (κ2) is 21.3. The molecule has 0 heterocycles. The molecule has 0 unspecified atom stereocenters. The molecule has 1 radical (unpaired) electrons. The Kier molecular flexibility index (Phi) is 19.5. The first kappa shape index (κ1) is 39.5. The zero-order valence-electron chi connectivity index (χ0n) is 21.8. The van der Waals surface area contributed by atoms with Crippen molar-refractivity contribution >= 4 is 123 Å². The van der Waals surface area contributed by atoms with Crippen LogP contribution < -0.4 is 34.4 Å². The summed E-state index contributed by atoms with van der Waals surface area (Å²) >= 11 is 31.5. The van der Waals surface area contributed by atoms with Crippen LogP contribution in [0.25, 0.3) is 0 Å². The fraction of sp³-hybridized carbons (Fsp3) is 0. The van der Waals surface area contributed by atoms with Gasteiger partial charge in [-0.3, -0.25) is 15.0 Å². The number of benzene rings is 3. The maximum atomic E-state index is 5.69. The van der Waals surface area contributed by atoms with Crippen molar-refractivity contribution < 1.29 is 17.1 Å². The normalized spacial score (nSPS) is 10.8. The summed E-state index contributed by atoms with van der Waals surface area (Å²) < 4.78 is 0. The van der Waals surface area contributed by atoms with Gasteiger partial charge < -0.3 is 72.3 Å². The summed E-state index contributed by atoms with van der Waals surface area (Å²) in [6, 6.07) is 20.6. The van der Waals surface area contributed by atoms with Gasteiger partial charge in [0.2, 0.25) is 0 Å². The van der Waals surface area contributed by atoms with E-state index in [4.69, 9.17) is 107 Å². The Labute approximate surface area is 290 Å². The molecule has 0 aliphatic heterocycles. The molecule has 227 valence electrons. The van der Waals surface area contributed by atoms with Gasteiger partial charge in [-0.25, -0.2) is 15.0 Å². The SMILES string of the molecule is NC(N)=NC([S-])=Nc1ccc(Cl)cc1.NC(N)=NC([S-])=Nc1ccc(Cl)cc1.NC(N)=NC([S-])=Nc1ccc(Cl)cc1.[Fe+3]. The largest absolute Gasteiger partial charge is 3.00 e. The number of aliphatic imine (C=N–C) groups is 6. The predicted octanol–water partition coefficient (Wildman–Crippen LogP) is 3.44. The minimum atomic E-state index is -0.104. The number of nitrogens with two attached hydrogens (primary N) is 6. The number of nitrogens with zero attached hydrogens (tertiary/aromatic N) is 6. The van der Waals surface area contributed by atoms with E-state index in [1.165, 1.54) is 0 Å². The topological polar surface area (TPSA) is 230 Å². The van der Waals surface area contributed by atoms with Crippen LogP contribution in [0, 0.1) is 0 Å². The summed E-state index contributed by atoms with van der Waals surface area (Å²) in [5.74, 6) is -0.312. The van der Waals surface area contributed by atoms with Crippen molar-refractivity contribution in [3.8, 4) is 0 Å². The Morgan fingerprint density at radius 3 is 0.767 bits per heavy atom. The van der Waals surface area contributed by atoms with Gasteiger partial charge in [0.25, 0.3) is 0 Å². The van der Waals surface area contributed by atoms with Crippen LogP contribution in [0.5, 0.6) is 0 Å². The smallest absolute Gasteiger partial charge is 0.740 e. The van der Waals surface area contributed by atoms with Crippen LogP contribution in [0.4, 0.5) is 17.1 Å². The van der Waals surface area contributed by atoms with Crippen molar-refractivity contribution in [1.29, 1.82) is 0 Å². The fourth-order valence-corrected chi connectivity index (χ4v) is 3.29. The Balaban J connectivity index is 0.000000608. The zero-order chi connectivity index (χ0) is 31.7. The van der Waals surface area contributed by atoms with Gasteiger partial charge in [-0.05, 0) is 72.8 Å². The number of rotatable bonds is 3. The third-order valence-electron chi connectivity index (χ3n) is 3.83. The average molecular weight is 739 g/mol. The van der Waals surface area contributed by atoms with Crippen molar-refractivity contribution in [2.45, 2.75) is 0 Å². The van der Waals surface area contributed by atoms with E-state index < -0.39 is 0 Å². The fourth-order valence-electron chi connectivity index (χ4n) is 2.28. The predicted molar refractivity (Wildman–Crippen MR) is 185 cm³/mol. The summed E-state index contributed by atoms with van der Waals surface area (Å²) in [5, 5.41) is 2.18. The second-order valence-electron chi connectivity index (χ2n) is 7.22. The molecule has 12 nitrogen and oxygen atoms in total. The molecule has 0 saturated heterocycles. The van der Waals surface area contributed by atoms with Crippen LogP contribution in [0.2, 0.25) is 15.1 Å². The van der Waals surface area contributed by atoms with Gasteiger partial charge >= 0.3 is 17.1 Å². The summed E-state index contributed by atoms with van der Waals surface area (Å²) in [7, 11) is 0. The first-order valence-corrected chi connectivity index (χ1v) is 13.4. The molecule has 0 atom stereocenters. The number of amidine groups is 3. The van der Waals surface area contributed by atoms with E-state index in [1.807, 2.05) is 0 Å². The number of halogens is 3. The van der Waals surface area contributed by atoms with Gasteiger partial charge in [-0.15, -0.1) is 0 Å². The average Bonchev–Trinajstić information content (AvgIpc) is 2.87. The summed E-state index contributed by atoms with van der Waals surface area (Å²) in [4.78, 5) is 22.7.